The highest BCUT2D eigenvalue weighted by atomic mass is 15.4. The first-order chi connectivity index (χ1) is 9.31. The second-order valence-corrected chi connectivity index (χ2v) is 4.96. The van der Waals surface area contributed by atoms with Crippen molar-refractivity contribution in [3.8, 4) is 0 Å². The van der Waals surface area contributed by atoms with Gasteiger partial charge in [0.15, 0.2) is 5.65 Å². The molecule has 0 saturated carbocycles. The molecule has 1 saturated heterocycles. The predicted octanol–water partition coefficient (Wildman–Crippen LogP) is 1.26. The summed E-state index contributed by atoms with van der Waals surface area (Å²) in [5.74, 6) is 1.18. The maximum Gasteiger partial charge on any atom is 0.157 e. The number of hydrogen-bond donors (Lipinski definition) is 1. The van der Waals surface area contributed by atoms with Crippen molar-refractivity contribution in [1.29, 1.82) is 0 Å². The Kier molecular flexibility index (Phi) is 3.38. The molecule has 19 heavy (non-hydrogen) atoms. The smallest absolute Gasteiger partial charge is 0.157 e. The van der Waals surface area contributed by atoms with Gasteiger partial charge in [-0.05, 0) is 12.8 Å². The summed E-state index contributed by atoms with van der Waals surface area (Å²) in [6.07, 6.45) is 1.91. The van der Waals surface area contributed by atoms with E-state index in [1.54, 1.807) is 0 Å². The van der Waals surface area contributed by atoms with Gasteiger partial charge in [-0.1, -0.05) is 13.8 Å². The Bertz CT molecular complexity index is 568. The summed E-state index contributed by atoms with van der Waals surface area (Å²) < 4.78 is 2.00. The van der Waals surface area contributed by atoms with E-state index in [0.717, 1.165) is 56.1 Å². The van der Waals surface area contributed by atoms with Gasteiger partial charge in [0.05, 0.1) is 5.69 Å². The van der Waals surface area contributed by atoms with Crippen LogP contribution in [0.2, 0.25) is 0 Å². The first-order valence-corrected chi connectivity index (χ1v) is 7.16. The van der Waals surface area contributed by atoms with Crippen LogP contribution in [0.5, 0.6) is 0 Å². The zero-order chi connectivity index (χ0) is 13.2. The van der Waals surface area contributed by atoms with Gasteiger partial charge < -0.3 is 10.2 Å². The van der Waals surface area contributed by atoms with E-state index in [2.05, 4.69) is 46.3 Å². The van der Waals surface area contributed by atoms with Gasteiger partial charge >= 0.3 is 0 Å². The normalized spacial score (nSPS) is 16.2. The Hall–Kier alpha value is -1.62. The van der Waals surface area contributed by atoms with Crippen LogP contribution >= 0.6 is 0 Å². The highest BCUT2D eigenvalue weighted by molar-refractivity contribution is 5.52. The fourth-order valence-electron chi connectivity index (χ4n) is 2.53. The molecule has 2 aromatic heterocycles. The maximum absolute atomic E-state index is 4.68. The van der Waals surface area contributed by atoms with Crippen LogP contribution in [0.25, 0.3) is 5.65 Å². The van der Waals surface area contributed by atoms with E-state index in [9.17, 15) is 0 Å². The summed E-state index contributed by atoms with van der Waals surface area (Å²) in [5, 5.41) is 8.06. The minimum Gasteiger partial charge on any atom is -0.354 e. The van der Waals surface area contributed by atoms with Crippen molar-refractivity contribution in [1.82, 2.24) is 19.9 Å². The van der Waals surface area contributed by atoms with E-state index in [-0.39, 0.29) is 0 Å². The number of rotatable bonds is 3. The lowest BCUT2D eigenvalue weighted by Gasteiger charge is -2.29. The van der Waals surface area contributed by atoms with Gasteiger partial charge in [0.2, 0.25) is 0 Å². The van der Waals surface area contributed by atoms with Crippen LogP contribution < -0.4 is 10.2 Å². The lowest BCUT2D eigenvalue weighted by atomic mass is 10.3. The molecule has 2 aromatic rings. The number of nitrogens with one attached hydrogen (secondary N) is 1. The van der Waals surface area contributed by atoms with Crippen LogP contribution in [0.15, 0.2) is 12.1 Å². The number of nitrogens with zero attached hydrogens (tertiary/aromatic N) is 4. The van der Waals surface area contributed by atoms with Crippen molar-refractivity contribution in [2.24, 2.45) is 0 Å². The third-order valence-electron chi connectivity index (χ3n) is 3.68. The summed E-state index contributed by atoms with van der Waals surface area (Å²) in [7, 11) is 0. The van der Waals surface area contributed by atoms with Crippen LogP contribution in [0.1, 0.15) is 25.2 Å². The Morgan fingerprint density at radius 3 is 2.53 bits per heavy atom. The molecule has 0 unspecified atom stereocenters. The van der Waals surface area contributed by atoms with Crippen LogP contribution in [0.4, 0.5) is 5.82 Å². The first kappa shape index (κ1) is 12.4. The molecule has 0 amide bonds. The lowest BCUT2D eigenvalue weighted by molar-refractivity contribution is 0.579. The predicted molar refractivity (Wildman–Crippen MR) is 76.8 cm³/mol. The van der Waals surface area contributed by atoms with E-state index < -0.39 is 0 Å². The van der Waals surface area contributed by atoms with Crippen molar-refractivity contribution in [3.05, 3.63) is 23.5 Å². The van der Waals surface area contributed by atoms with Crippen molar-refractivity contribution >= 4 is 11.5 Å². The largest absolute Gasteiger partial charge is 0.354 e. The molecular formula is C14H21N5. The number of aryl methyl sites for hydroxylation is 2. The van der Waals surface area contributed by atoms with Crippen LogP contribution in [-0.4, -0.2) is 40.8 Å². The SMILES string of the molecule is CCc1cc(N2CCNCC2)n2nc(CC)cc2n1. The molecule has 0 radical (unpaired) electrons. The molecule has 3 rings (SSSR count). The Morgan fingerprint density at radius 2 is 1.84 bits per heavy atom. The number of piperazine rings is 1. The molecule has 5 heteroatoms. The fraction of sp³-hybridized carbons (Fsp3) is 0.571. The van der Waals surface area contributed by atoms with Gasteiger partial charge in [-0.2, -0.15) is 9.61 Å². The summed E-state index contributed by atoms with van der Waals surface area (Å²) >= 11 is 0. The minimum absolute atomic E-state index is 0.950. The highest BCUT2D eigenvalue weighted by Gasteiger charge is 2.16. The van der Waals surface area contributed by atoms with Gasteiger partial charge in [-0.25, -0.2) is 4.98 Å². The third kappa shape index (κ3) is 2.30. The van der Waals surface area contributed by atoms with E-state index >= 15 is 0 Å². The van der Waals surface area contributed by atoms with E-state index in [4.69, 9.17) is 0 Å². The molecule has 5 nitrogen and oxygen atoms in total. The fourth-order valence-corrected chi connectivity index (χ4v) is 2.53. The van der Waals surface area contributed by atoms with Crippen LogP contribution in [0, 0.1) is 0 Å². The van der Waals surface area contributed by atoms with Crippen molar-refractivity contribution in [2.75, 3.05) is 31.1 Å². The van der Waals surface area contributed by atoms with Crippen LogP contribution in [-0.2, 0) is 12.8 Å². The average Bonchev–Trinajstić information content (AvgIpc) is 2.90. The second kappa shape index (κ2) is 5.17. The number of aromatic nitrogens is 3. The second-order valence-electron chi connectivity index (χ2n) is 4.96. The average molecular weight is 259 g/mol. The van der Waals surface area contributed by atoms with Crippen molar-refractivity contribution < 1.29 is 0 Å². The zero-order valence-corrected chi connectivity index (χ0v) is 11.7. The van der Waals surface area contributed by atoms with Gasteiger partial charge in [-0.15, -0.1) is 0 Å². The third-order valence-corrected chi connectivity index (χ3v) is 3.68. The van der Waals surface area contributed by atoms with Crippen LogP contribution in [0.3, 0.4) is 0 Å². The highest BCUT2D eigenvalue weighted by Crippen LogP contribution is 2.19. The maximum atomic E-state index is 4.68. The quantitative estimate of drug-likeness (QED) is 0.901. The molecular weight excluding hydrogens is 238 g/mol. The molecule has 1 aliphatic heterocycles. The van der Waals surface area contributed by atoms with Gasteiger partial charge in [-0.3, -0.25) is 0 Å². The number of fused-ring (bicyclic) bond motifs is 1. The zero-order valence-electron chi connectivity index (χ0n) is 11.7. The topological polar surface area (TPSA) is 45.5 Å². The van der Waals surface area contributed by atoms with Crippen molar-refractivity contribution in [2.45, 2.75) is 26.7 Å². The molecule has 0 atom stereocenters. The molecule has 102 valence electrons. The standard InChI is InChI=1S/C14H21N5/c1-3-11-10-14(18-7-5-15-6-8-18)19-13(16-11)9-12(4-2)17-19/h9-10,15H,3-8H2,1-2H3. The Morgan fingerprint density at radius 1 is 1.11 bits per heavy atom. The Labute approximate surface area is 113 Å². The Balaban J connectivity index is 2.11. The van der Waals surface area contributed by atoms with E-state index in [1.807, 2.05) is 4.52 Å². The number of anilines is 1. The number of hydrogen-bond acceptors (Lipinski definition) is 4. The summed E-state index contributed by atoms with van der Waals surface area (Å²) in [6, 6.07) is 4.29. The minimum atomic E-state index is 0.950. The first-order valence-electron chi connectivity index (χ1n) is 7.16. The molecule has 1 fully saturated rings. The monoisotopic (exact) mass is 259 g/mol. The van der Waals surface area contributed by atoms with Crippen molar-refractivity contribution in [3.63, 3.8) is 0 Å². The molecule has 1 N–H and O–H groups in total. The molecule has 3 heterocycles. The van der Waals surface area contributed by atoms with E-state index in [0.29, 0.717) is 0 Å². The van der Waals surface area contributed by atoms with Gasteiger partial charge in [0, 0.05) is 44.0 Å². The molecule has 0 bridgehead atoms. The molecule has 0 spiro atoms. The van der Waals surface area contributed by atoms with Gasteiger partial charge in [0.25, 0.3) is 0 Å². The molecule has 0 aromatic carbocycles. The molecule has 1 aliphatic rings. The summed E-state index contributed by atoms with van der Waals surface area (Å²) in [6.45, 7) is 8.41. The lowest BCUT2D eigenvalue weighted by Crippen LogP contribution is -2.44. The summed E-state index contributed by atoms with van der Waals surface area (Å²) in [5.41, 5.74) is 3.23. The van der Waals surface area contributed by atoms with Gasteiger partial charge in [0.1, 0.15) is 5.82 Å². The van der Waals surface area contributed by atoms with E-state index in [1.165, 1.54) is 5.82 Å². The molecule has 0 aliphatic carbocycles. The summed E-state index contributed by atoms with van der Waals surface area (Å²) in [4.78, 5) is 7.08.